The lowest BCUT2D eigenvalue weighted by Gasteiger charge is -2.04. The zero-order chi connectivity index (χ0) is 8.97. The van der Waals surface area contributed by atoms with E-state index in [-0.39, 0.29) is 0 Å². The van der Waals surface area contributed by atoms with E-state index in [0.717, 1.165) is 11.3 Å². The van der Waals surface area contributed by atoms with Crippen LogP contribution in [0.4, 0.5) is 0 Å². The van der Waals surface area contributed by atoms with Gasteiger partial charge in [-0.15, -0.1) is 0 Å². The third-order valence-electron chi connectivity index (χ3n) is 1.28. The van der Waals surface area contributed by atoms with Crippen molar-refractivity contribution in [2.24, 2.45) is 0 Å². The van der Waals surface area contributed by atoms with Gasteiger partial charge in [0, 0.05) is 3.57 Å². The lowest BCUT2D eigenvalue weighted by Crippen LogP contribution is -1.97. The first-order valence-electron chi connectivity index (χ1n) is 3.71. The molecule has 0 aliphatic carbocycles. The van der Waals surface area contributed by atoms with Crippen molar-refractivity contribution in [2.45, 2.75) is 6.92 Å². The number of benzene rings is 1. The Morgan fingerprint density at radius 2 is 2.33 bits per heavy atom. The average molecular weight is 274 g/mol. The summed E-state index contributed by atoms with van der Waals surface area (Å²) in [7, 11) is 0. The third kappa shape index (κ3) is 3.26. The van der Waals surface area contributed by atoms with Gasteiger partial charge in [0.1, 0.15) is 12.4 Å². The van der Waals surface area contributed by atoms with E-state index in [1.807, 2.05) is 31.2 Å². The molecule has 1 aromatic carbocycles. The minimum absolute atomic E-state index is 0.597. The largest absolute Gasteiger partial charge is 0.489 e. The molecule has 0 fully saturated rings. The molecule has 2 heteroatoms. The molecule has 0 heterocycles. The van der Waals surface area contributed by atoms with E-state index in [1.54, 1.807) is 0 Å². The van der Waals surface area contributed by atoms with Gasteiger partial charge in [0.15, 0.2) is 0 Å². The number of hydrogen-bond acceptors (Lipinski definition) is 1. The van der Waals surface area contributed by atoms with Crippen molar-refractivity contribution in [1.29, 1.82) is 0 Å². The van der Waals surface area contributed by atoms with Crippen molar-refractivity contribution in [3.63, 3.8) is 0 Å². The first kappa shape index (κ1) is 9.58. The summed E-state index contributed by atoms with van der Waals surface area (Å²) in [5.74, 6) is 0.907. The van der Waals surface area contributed by atoms with Gasteiger partial charge in [-0.2, -0.15) is 0 Å². The summed E-state index contributed by atoms with van der Waals surface area (Å²) in [6.45, 7) is 6.32. The van der Waals surface area contributed by atoms with Crippen molar-refractivity contribution < 1.29 is 4.74 Å². The smallest absolute Gasteiger partial charge is 0.120 e. The molecule has 1 rings (SSSR count). The monoisotopic (exact) mass is 274 g/mol. The van der Waals surface area contributed by atoms with Crippen LogP contribution in [-0.4, -0.2) is 6.61 Å². The Hall–Kier alpha value is -0.510. The molecule has 0 saturated carbocycles. The fourth-order valence-corrected chi connectivity index (χ4v) is 1.28. The van der Waals surface area contributed by atoms with Gasteiger partial charge in [-0.05, 0) is 53.3 Å². The van der Waals surface area contributed by atoms with Crippen LogP contribution in [0.3, 0.4) is 0 Å². The van der Waals surface area contributed by atoms with E-state index < -0.39 is 0 Å². The molecule has 0 N–H and O–H groups in total. The van der Waals surface area contributed by atoms with Crippen molar-refractivity contribution in [1.82, 2.24) is 0 Å². The first-order valence-corrected chi connectivity index (χ1v) is 4.79. The molecular weight excluding hydrogens is 263 g/mol. The van der Waals surface area contributed by atoms with Crippen molar-refractivity contribution in [3.8, 4) is 5.75 Å². The van der Waals surface area contributed by atoms with Gasteiger partial charge < -0.3 is 4.74 Å². The highest BCUT2D eigenvalue weighted by molar-refractivity contribution is 14.1. The van der Waals surface area contributed by atoms with Crippen LogP contribution in [0.1, 0.15) is 6.92 Å². The molecule has 64 valence electrons. The molecule has 0 saturated heterocycles. The Balaban J connectivity index is 2.57. The number of halogens is 1. The molecule has 12 heavy (non-hydrogen) atoms. The predicted molar refractivity (Wildman–Crippen MR) is 59.5 cm³/mol. The van der Waals surface area contributed by atoms with E-state index in [1.165, 1.54) is 3.57 Å². The van der Waals surface area contributed by atoms with Gasteiger partial charge in [-0.3, -0.25) is 0 Å². The van der Waals surface area contributed by atoms with Crippen molar-refractivity contribution in [3.05, 3.63) is 40.0 Å². The third-order valence-corrected chi connectivity index (χ3v) is 1.95. The van der Waals surface area contributed by atoms with Crippen LogP contribution >= 0.6 is 22.6 Å². The van der Waals surface area contributed by atoms with Crippen LogP contribution in [0.2, 0.25) is 0 Å². The topological polar surface area (TPSA) is 9.23 Å². The second-order valence-electron chi connectivity index (χ2n) is 2.70. The summed E-state index contributed by atoms with van der Waals surface area (Å²) < 4.78 is 6.63. The van der Waals surface area contributed by atoms with Gasteiger partial charge in [0.25, 0.3) is 0 Å². The van der Waals surface area contributed by atoms with Crippen LogP contribution in [0, 0.1) is 3.57 Å². The maximum atomic E-state index is 5.44. The highest BCUT2D eigenvalue weighted by Crippen LogP contribution is 2.14. The fraction of sp³-hybridized carbons (Fsp3) is 0.200. The summed E-state index contributed by atoms with van der Waals surface area (Å²) >= 11 is 2.26. The Kier molecular flexibility index (Phi) is 3.59. The Bertz CT molecular complexity index is 281. The van der Waals surface area contributed by atoms with Gasteiger partial charge in [0.05, 0.1) is 0 Å². The van der Waals surface area contributed by atoms with E-state index in [4.69, 9.17) is 4.74 Å². The lowest BCUT2D eigenvalue weighted by atomic mass is 10.3. The molecule has 0 aromatic heterocycles. The highest BCUT2D eigenvalue weighted by atomic mass is 127. The van der Waals surface area contributed by atoms with Gasteiger partial charge in [-0.25, -0.2) is 0 Å². The van der Waals surface area contributed by atoms with Crippen LogP contribution in [0.25, 0.3) is 0 Å². The molecule has 0 bridgehead atoms. The number of rotatable bonds is 3. The Morgan fingerprint density at radius 3 is 2.92 bits per heavy atom. The molecule has 0 unspecified atom stereocenters. The lowest BCUT2D eigenvalue weighted by molar-refractivity contribution is 0.352. The van der Waals surface area contributed by atoms with E-state index in [2.05, 4.69) is 29.2 Å². The fourth-order valence-electron chi connectivity index (χ4n) is 0.763. The predicted octanol–water partition coefficient (Wildman–Crippen LogP) is 3.25. The second-order valence-corrected chi connectivity index (χ2v) is 3.95. The molecule has 1 nitrogen and oxygen atoms in total. The molecule has 0 amide bonds. The van der Waals surface area contributed by atoms with Crippen molar-refractivity contribution >= 4 is 22.6 Å². The standard InChI is InChI=1S/C10H11IO/c1-8(2)7-12-10-5-3-4-9(11)6-10/h3-6H,1,7H2,2H3. The van der Waals surface area contributed by atoms with Crippen LogP contribution in [-0.2, 0) is 0 Å². The maximum absolute atomic E-state index is 5.44. The quantitative estimate of drug-likeness (QED) is 0.607. The minimum atomic E-state index is 0.597. The zero-order valence-corrected chi connectivity index (χ0v) is 9.17. The van der Waals surface area contributed by atoms with E-state index in [9.17, 15) is 0 Å². The van der Waals surface area contributed by atoms with Crippen LogP contribution in [0.15, 0.2) is 36.4 Å². The van der Waals surface area contributed by atoms with E-state index >= 15 is 0 Å². The summed E-state index contributed by atoms with van der Waals surface area (Å²) in [6, 6.07) is 7.97. The summed E-state index contributed by atoms with van der Waals surface area (Å²) in [4.78, 5) is 0. The molecule has 0 radical (unpaired) electrons. The SMILES string of the molecule is C=C(C)COc1cccc(I)c1. The Morgan fingerprint density at radius 1 is 1.58 bits per heavy atom. The number of ether oxygens (including phenoxy) is 1. The molecule has 0 aliphatic rings. The summed E-state index contributed by atoms with van der Waals surface area (Å²) in [5.41, 5.74) is 1.04. The number of hydrogen-bond donors (Lipinski definition) is 0. The van der Waals surface area contributed by atoms with Gasteiger partial charge in [0.2, 0.25) is 0 Å². The summed E-state index contributed by atoms with van der Waals surface area (Å²) in [5, 5.41) is 0. The van der Waals surface area contributed by atoms with Crippen molar-refractivity contribution in [2.75, 3.05) is 6.61 Å². The molecule has 0 spiro atoms. The molecule has 1 aromatic rings. The average Bonchev–Trinajstić information content (AvgIpc) is 2.01. The highest BCUT2D eigenvalue weighted by Gasteiger charge is 1.93. The van der Waals surface area contributed by atoms with Gasteiger partial charge in [-0.1, -0.05) is 12.6 Å². The van der Waals surface area contributed by atoms with Gasteiger partial charge >= 0.3 is 0 Å². The normalized spacial score (nSPS) is 9.50. The van der Waals surface area contributed by atoms with E-state index in [0.29, 0.717) is 6.61 Å². The zero-order valence-electron chi connectivity index (χ0n) is 7.01. The maximum Gasteiger partial charge on any atom is 0.120 e. The summed E-state index contributed by atoms with van der Waals surface area (Å²) in [6.07, 6.45) is 0. The second kappa shape index (κ2) is 4.50. The molecule has 0 atom stereocenters. The first-order chi connectivity index (χ1) is 5.68. The molecule has 0 aliphatic heterocycles. The minimum Gasteiger partial charge on any atom is -0.489 e. The Labute approximate surface area is 86.6 Å². The molecular formula is C10H11IO. The van der Waals surface area contributed by atoms with Crippen LogP contribution in [0.5, 0.6) is 5.75 Å². The van der Waals surface area contributed by atoms with Crippen LogP contribution < -0.4 is 4.74 Å².